The molecule has 0 saturated heterocycles. The summed E-state index contributed by atoms with van der Waals surface area (Å²) in [7, 11) is 0. The maximum atomic E-state index is 10.5. The molecule has 6 heteroatoms. The molecule has 0 aliphatic rings. The Morgan fingerprint density at radius 2 is 2.00 bits per heavy atom. The Morgan fingerprint density at radius 1 is 1.44 bits per heavy atom. The molecule has 16 heavy (non-hydrogen) atoms. The molecule has 0 saturated carbocycles. The summed E-state index contributed by atoms with van der Waals surface area (Å²) in [5, 5.41) is 18.9. The Labute approximate surface area is 99.7 Å². The lowest BCUT2D eigenvalue weighted by atomic mass is 10.1. The third kappa shape index (κ3) is 3.47. The second kappa shape index (κ2) is 5.41. The van der Waals surface area contributed by atoms with Crippen molar-refractivity contribution in [2.75, 3.05) is 0 Å². The first-order valence-corrected chi connectivity index (χ1v) is 5.12. The van der Waals surface area contributed by atoms with Crippen LogP contribution in [0.5, 0.6) is 0 Å². The lowest BCUT2D eigenvalue weighted by molar-refractivity contribution is -0.384. The van der Waals surface area contributed by atoms with Crippen LogP contribution in [-0.2, 0) is 11.2 Å². The quantitative estimate of drug-likeness (QED) is 0.524. The van der Waals surface area contributed by atoms with Crippen molar-refractivity contribution < 1.29 is 14.8 Å². The predicted molar refractivity (Wildman–Crippen MR) is 61.4 cm³/mol. The Balaban J connectivity index is 2.73. The number of aliphatic carboxylic acids is 1. The number of allylic oxidation sites excluding steroid dienone is 1. The van der Waals surface area contributed by atoms with Gasteiger partial charge in [-0.05, 0) is 27.9 Å². The predicted octanol–water partition coefficient (Wildman–Crippen LogP) is 2.50. The van der Waals surface area contributed by atoms with Gasteiger partial charge in [-0.25, -0.2) is 4.79 Å². The van der Waals surface area contributed by atoms with Crippen LogP contribution >= 0.6 is 15.9 Å². The second-order valence-electron chi connectivity index (χ2n) is 2.98. The van der Waals surface area contributed by atoms with Crippen LogP contribution in [0, 0.1) is 10.1 Å². The number of halogens is 1. The summed E-state index contributed by atoms with van der Waals surface area (Å²) >= 11 is 2.89. The minimum Gasteiger partial charge on any atom is -0.477 e. The third-order valence-electron chi connectivity index (χ3n) is 1.87. The van der Waals surface area contributed by atoms with Gasteiger partial charge in [0.05, 0.1) is 9.41 Å². The number of nitro groups is 1. The van der Waals surface area contributed by atoms with E-state index >= 15 is 0 Å². The van der Waals surface area contributed by atoms with E-state index in [0.717, 1.165) is 5.56 Å². The van der Waals surface area contributed by atoms with E-state index in [-0.39, 0.29) is 10.2 Å². The molecule has 0 bridgehead atoms. The molecule has 0 heterocycles. The molecular formula is C10H8BrNO4. The summed E-state index contributed by atoms with van der Waals surface area (Å²) in [6.07, 6.45) is 1.90. The molecule has 0 spiro atoms. The van der Waals surface area contributed by atoms with E-state index in [0.29, 0.717) is 6.42 Å². The third-order valence-corrected chi connectivity index (χ3v) is 2.53. The van der Waals surface area contributed by atoms with Gasteiger partial charge in [-0.1, -0.05) is 18.2 Å². The molecule has 0 radical (unpaired) electrons. The smallest absolute Gasteiger partial charge is 0.342 e. The van der Waals surface area contributed by atoms with Crippen molar-refractivity contribution in [3.05, 3.63) is 50.5 Å². The number of rotatable bonds is 4. The fraction of sp³-hybridized carbons (Fsp3) is 0.100. The molecule has 1 aromatic carbocycles. The fourth-order valence-electron chi connectivity index (χ4n) is 1.05. The molecule has 0 aliphatic heterocycles. The molecular weight excluding hydrogens is 278 g/mol. The number of carboxylic acids is 1. The summed E-state index contributed by atoms with van der Waals surface area (Å²) < 4.78 is 0.0749. The van der Waals surface area contributed by atoms with Crippen LogP contribution in [-0.4, -0.2) is 16.0 Å². The zero-order valence-electron chi connectivity index (χ0n) is 8.09. The molecule has 1 rings (SSSR count). The van der Waals surface area contributed by atoms with E-state index in [1.54, 1.807) is 12.1 Å². The highest BCUT2D eigenvalue weighted by atomic mass is 79.9. The lowest BCUT2D eigenvalue weighted by Crippen LogP contribution is -1.94. The maximum absolute atomic E-state index is 10.5. The molecule has 0 atom stereocenters. The second-order valence-corrected chi connectivity index (χ2v) is 3.84. The van der Waals surface area contributed by atoms with Gasteiger partial charge in [0, 0.05) is 12.1 Å². The van der Waals surface area contributed by atoms with E-state index in [4.69, 9.17) is 5.11 Å². The van der Waals surface area contributed by atoms with Gasteiger partial charge in [0.2, 0.25) is 0 Å². The number of non-ortho nitro benzene ring substituents is 1. The van der Waals surface area contributed by atoms with E-state index < -0.39 is 10.9 Å². The number of nitro benzene ring substituents is 1. The molecule has 84 valence electrons. The topological polar surface area (TPSA) is 80.4 Å². The van der Waals surface area contributed by atoms with Crippen LogP contribution in [0.1, 0.15) is 5.56 Å². The average molecular weight is 286 g/mol. The van der Waals surface area contributed by atoms with Crippen molar-refractivity contribution in [3.63, 3.8) is 0 Å². The standard InChI is InChI=1S/C10H8BrNO4/c11-9(10(13)14)6-3-7-1-4-8(5-2-7)12(15)16/h1-2,4-6H,3H2,(H,13,14). The van der Waals surface area contributed by atoms with Gasteiger partial charge in [0.1, 0.15) is 0 Å². The van der Waals surface area contributed by atoms with Crippen LogP contribution in [0.3, 0.4) is 0 Å². The van der Waals surface area contributed by atoms with Gasteiger partial charge in [-0.3, -0.25) is 10.1 Å². The van der Waals surface area contributed by atoms with Crippen LogP contribution < -0.4 is 0 Å². The maximum Gasteiger partial charge on any atom is 0.342 e. The van der Waals surface area contributed by atoms with E-state index in [1.807, 2.05) is 0 Å². The molecule has 0 aliphatic carbocycles. The van der Waals surface area contributed by atoms with Crippen molar-refractivity contribution in [3.8, 4) is 0 Å². The summed E-state index contributed by atoms with van der Waals surface area (Å²) in [5.41, 5.74) is 0.828. The van der Waals surface area contributed by atoms with Crippen molar-refractivity contribution in [2.24, 2.45) is 0 Å². The van der Waals surface area contributed by atoms with Crippen molar-refractivity contribution in [2.45, 2.75) is 6.42 Å². The van der Waals surface area contributed by atoms with Gasteiger partial charge >= 0.3 is 5.97 Å². The van der Waals surface area contributed by atoms with Gasteiger partial charge in [0.15, 0.2) is 0 Å². The SMILES string of the molecule is O=C(O)C(Br)=CCc1ccc([N+](=O)[O-])cc1. The summed E-state index contributed by atoms with van der Waals surface area (Å²) in [5.74, 6) is -1.04. The normalized spacial score (nSPS) is 11.2. The minimum atomic E-state index is -1.04. The van der Waals surface area contributed by atoms with Gasteiger partial charge in [-0.15, -0.1) is 0 Å². The van der Waals surface area contributed by atoms with Crippen LogP contribution in [0.2, 0.25) is 0 Å². The Morgan fingerprint density at radius 3 is 2.44 bits per heavy atom. The number of nitrogens with zero attached hydrogens (tertiary/aromatic N) is 1. The van der Waals surface area contributed by atoms with Gasteiger partial charge in [0.25, 0.3) is 5.69 Å². The largest absolute Gasteiger partial charge is 0.477 e. The van der Waals surface area contributed by atoms with Crippen LogP contribution in [0.15, 0.2) is 34.8 Å². The lowest BCUT2D eigenvalue weighted by Gasteiger charge is -1.96. The van der Waals surface area contributed by atoms with Gasteiger partial charge < -0.3 is 5.11 Å². The number of hydrogen-bond donors (Lipinski definition) is 1. The Bertz CT molecular complexity index is 439. The molecule has 0 aromatic heterocycles. The number of carbonyl (C=O) groups is 1. The minimum absolute atomic E-state index is 0.0185. The van der Waals surface area contributed by atoms with E-state index in [2.05, 4.69) is 15.9 Å². The van der Waals surface area contributed by atoms with Gasteiger partial charge in [-0.2, -0.15) is 0 Å². The van der Waals surface area contributed by atoms with Crippen LogP contribution in [0.4, 0.5) is 5.69 Å². The molecule has 0 fully saturated rings. The fourth-order valence-corrected chi connectivity index (χ4v) is 1.21. The van der Waals surface area contributed by atoms with Crippen molar-refractivity contribution in [1.29, 1.82) is 0 Å². The van der Waals surface area contributed by atoms with Crippen molar-refractivity contribution >= 4 is 27.6 Å². The monoisotopic (exact) mass is 285 g/mol. The molecule has 5 nitrogen and oxygen atoms in total. The molecule has 0 amide bonds. The van der Waals surface area contributed by atoms with Crippen LogP contribution in [0.25, 0.3) is 0 Å². The highest BCUT2D eigenvalue weighted by molar-refractivity contribution is 9.12. The summed E-state index contributed by atoms with van der Waals surface area (Å²) in [4.78, 5) is 20.4. The first-order valence-electron chi connectivity index (χ1n) is 4.33. The molecule has 0 unspecified atom stereocenters. The Kier molecular flexibility index (Phi) is 4.19. The summed E-state index contributed by atoms with van der Waals surface area (Å²) in [6.45, 7) is 0. The average Bonchev–Trinajstić information content (AvgIpc) is 2.26. The first kappa shape index (κ1) is 12.4. The molecule has 1 aromatic rings. The summed E-state index contributed by atoms with van der Waals surface area (Å²) in [6, 6.07) is 5.96. The highest BCUT2D eigenvalue weighted by Crippen LogP contribution is 2.14. The number of benzene rings is 1. The molecule has 1 N–H and O–H groups in total. The highest BCUT2D eigenvalue weighted by Gasteiger charge is 2.04. The Hall–Kier alpha value is -1.69. The first-order chi connectivity index (χ1) is 7.50. The van der Waals surface area contributed by atoms with E-state index in [9.17, 15) is 14.9 Å². The number of carboxylic acid groups (broad SMARTS) is 1. The van der Waals surface area contributed by atoms with Crippen molar-refractivity contribution in [1.82, 2.24) is 0 Å². The zero-order chi connectivity index (χ0) is 12.1. The number of hydrogen-bond acceptors (Lipinski definition) is 3. The zero-order valence-corrected chi connectivity index (χ0v) is 9.68. The van der Waals surface area contributed by atoms with E-state index in [1.165, 1.54) is 18.2 Å².